The maximum absolute atomic E-state index is 6.23. The third-order valence-corrected chi connectivity index (χ3v) is 10.2. The predicted molar refractivity (Wildman–Crippen MR) is 225 cm³/mol. The normalized spacial score (nSPS) is 11.3. The minimum atomic E-state index is 0.608. The van der Waals surface area contributed by atoms with Crippen molar-refractivity contribution in [3.05, 3.63) is 200 Å². The molecule has 0 N–H and O–H groups in total. The summed E-state index contributed by atoms with van der Waals surface area (Å²) < 4.78 is 6.23. The number of hydrogen-bond acceptors (Lipinski definition) is 4. The average molecular weight is 704 g/mol. The van der Waals surface area contributed by atoms with Gasteiger partial charge in [-0.15, -0.1) is 0 Å². The van der Waals surface area contributed by atoms with Crippen molar-refractivity contribution in [2.45, 2.75) is 0 Å². The molecule has 2 heterocycles. The molecule has 0 saturated heterocycles. The number of para-hydroxylation sites is 1. The van der Waals surface area contributed by atoms with Gasteiger partial charge >= 0.3 is 0 Å². The maximum Gasteiger partial charge on any atom is 0.164 e. The fraction of sp³-hybridized carbons (Fsp3) is 0. The molecule has 0 atom stereocenters. The Labute approximate surface area is 319 Å². The van der Waals surface area contributed by atoms with Crippen LogP contribution < -0.4 is 0 Å². The predicted octanol–water partition coefficient (Wildman–Crippen LogP) is 13.4. The van der Waals surface area contributed by atoms with E-state index in [1.54, 1.807) is 0 Å². The van der Waals surface area contributed by atoms with Crippen LogP contribution in [0.15, 0.2) is 205 Å². The first-order valence-corrected chi connectivity index (χ1v) is 18.4. The largest absolute Gasteiger partial charge is 0.456 e. The topological polar surface area (TPSA) is 51.8 Å². The molecule has 0 saturated carbocycles. The van der Waals surface area contributed by atoms with Crippen LogP contribution in [-0.4, -0.2) is 15.0 Å². The second-order valence-electron chi connectivity index (χ2n) is 13.7. The van der Waals surface area contributed by atoms with Gasteiger partial charge in [0.1, 0.15) is 11.2 Å². The van der Waals surface area contributed by atoms with E-state index in [0.29, 0.717) is 17.5 Å². The first kappa shape index (κ1) is 32.2. The molecular weight excluding hydrogens is 671 g/mol. The molecule has 0 unspecified atom stereocenters. The number of furan rings is 1. The van der Waals surface area contributed by atoms with E-state index >= 15 is 0 Å². The van der Waals surface area contributed by atoms with Crippen molar-refractivity contribution in [1.82, 2.24) is 15.0 Å². The van der Waals surface area contributed by atoms with Gasteiger partial charge in [0, 0.05) is 27.5 Å². The van der Waals surface area contributed by atoms with Crippen LogP contribution >= 0.6 is 0 Å². The molecule has 0 bridgehead atoms. The standard InChI is InChI=1S/C51H33N3O/c1-3-11-34(12-4-1)36-21-23-38(24-22-36)40-15-9-17-43(31-40)50-52-49(39-27-25-37(26-28-39)35-13-5-2-6-14-35)53-51(54-50)44-18-10-16-41(32-44)42-29-30-46-45-19-7-8-20-47(45)55-48(46)33-42/h1-33H. The smallest absolute Gasteiger partial charge is 0.164 e. The van der Waals surface area contributed by atoms with Gasteiger partial charge in [-0.2, -0.15) is 0 Å². The second kappa shape index (κ2) is 13.8. The summed E-state index contributed by atoms with van der Waals surface area (Å²) in [5.41, 5.74) is 13.5. The van der Waals surface area contributed by atoms with Crippen LogP contribution in [0.4, 0.5) is 0 Å². The summed E-state index contributed by atoms with van der Waals surface area (Å²) in [5.74, 6) is 1.84. The van der Waals surface area contributed by atoms with Gasteiger partial charge in [0.25, 0.3) is 0 Å². The van der Waals surface area contributed by atoms with E-state index in [9.17, 15) is 0 Å². The summed E-state index contributed by atoms with van der Waals surface area (Å²) in [6, 6.07) is 69.4. The molecule has 0 aliphatic heterocycles. The van der Waals surface area contributed by atoms with Crippen LogP contribution in [0.2, 0.25) is 0 Å². The highest BCUT2D eigenvalue weighted by Gasteiger charge is 2.15. The van der Waals surface area contributed by atoms with Gasteiger partial charge in [-0.3, -0.25) is 0 Å². The van der Waals surface area contributed by atoms with E-state index in [1.165, 1.54) is 11.1 Å². The number of hydrogen-bond donors (Lipinski definition) is 0. The lowest BCUT2D eigenvalue weighted by Crippen LogP contribution is -2.00. The summed E-state index contributed by atoms with van der Waals surface area (Å²) in [4.78, 5) is 15.3. The molecule has 2 aromatic heterocycles. The number of benzene rings is 8. The van der Waals surface area contributed by atoms with Crippen molar-refractivity contribution in [1.29, 1.82) is 0 Å². The molecule has 0 spiro atoms. The first-order chi connectivity index (χ1) is 27.2. The van der Waals surface area contributed by atoms with Crippen LogP contribution in [0, 0.1) is 0 Å². The molecule has 258 valence electrons. The quantitative estimate of drug-likeness (QED) is 0.166. The summed E-state index contributed by atoms with van der Waals surface area (Å²) >= 11 is 0. The van der Waals surface area contributed by atoms with Gasteiger partial charge in [0.05, 0.1) is 0 Å². The van der Waals surface area contributed by atoms with E-state index < -0.39 is 0 Å². The number of rotatable bonds is 7. The Balaban J connectivity index is 1.05. The monoisotopic (exact) mass is 703 g/mol. The maximum atomic E-state index is 6.23. The summed E-state index contributed by atoms with van der Waals surface area (Å²) in [6.07, 6.45) is 0. The fourth-order valence-electron chi connectivity index (χ4n) is 7.27. The first-order valence-electron chi connectivity index (χ1n) is 18.4. The molecule has 4 nitrogen and oxygen atoms in total. The van der Waals surface area contributed by atoms with Crippen molar-refractivity contribution in [3.63, 3.8) is 0 Å². The Morgan fingerprint density at radius 3 is 1.18 bits per heavy atom. The van der Waals surface area contributed by atoms with Crippen LogP contribution in [0.1, 0.15) is 0 Å². The number of fused-ring (bicyclic) bond motifs is 3. The second-order valence-corrected chi connectivity index (χ2v) is 13.7. The molecular formula is C51H33N3O. The van der Waals surface area contributed by atoms with Crippen molar-refractivity contribution in [3.8, 4) is 78.7 Å². The van der Waals surface area contributed by atoms with Crippen LogP contribution in [0.25, 0.3) is 101 Å². The van der Waals surface area contributed by atoms with Crippen molar-refractivity contribution in [2.24, 2.45) is 0 Å². The molecule has 10 rings (SSSR count). The van der Waals surface area contributed by atoms with Gasteiger partial charge in [-0.1, -0.05) is 170 Å². The Morgan fingerprint density at radius 2 is 0.600 bits per heavy atom. The van der Waals surface area contributed by atoms with Gasteiger partial charge in [-0.05, 0) is 74.8 Å². The van der Waals surface area contributed by atoms with Gasteiger partial charge in [0.2, 0.25) is 0 Å². The van der Waals surface area contributed by atoms with Gasteiger partial charge < -0.3 is 4.42 Å². The third kappa shape index (κ3) is 6.36. The zero-order chi connectivity index (χ0) is 36.6. The minimum Gasteiger partial charge on any atom is -0.456 e. The van der Waals surface area contributed by atoms with Crippen LogP contribution in [0.5, 0.6) is 0 Å². The Morgan fingerprint density at radius 1 is 0.236 bits per heavy atom. The van der Waals surface area contributed by atoms with E-state index in [-0.39, 0.29) is 0 Å². The van der Waals surface area contributed by atoms with Crippen molar-refractivity contribution >= 4 is 21.9 Å². The van der Waals surface area contributed by atoms with E-state index in [4.69, 9.17) is 19.4 Å². The summed E-state index contributed by atoms with van der Waals surface area (Å²) in [5, 5.41) is 2.23. The lowest BCUT2D eigenvalue weighted by molar-refractivity contribution is 0.669. The van der Waals surface area contributed by atoms with E-state index in [0.717, 1.165) is 72.0 Å². The van der Waals surface area contributed by atoms with E-state index in [2.05, 4.69) is 170 Å². The molecule has 10 aromatic rings. The lowest BCUT2D eigenvalue weighted by atomic mass is 9.99. The third-order valence-electron chi connectivity index (χ3n) is 10.2. The highest BCUT2D eigenvalue weighted by Crippen LogP contribution is 2.35. The Bertz CT molecular complexity index is 2950. The molecule has 55 heavy (non-hydrogen) atoms. The molecule has 0 amide bonds. The SMILES string of the molecule is c1ccc(-c2ccc(-c3cccc(-c4nc(-c5ccc(-c6ccccc6)cc5)nc(-c5cccc(-c6ccc7c(c6)oc6ccccc67)c5)n4)c3)cc2)cc1. The Hall–Kier alpha value is -7.43. The van der Waals surface area contributed by atoms with Crippen molar-refractivity contribution in [2.75, 3.05) is 0 Å². The molecule has 8 aromatic carbocycles. The lowest BCUT2D eigenvalue weighted by Gasteiger charge is -2.11. The fourth-order valence-corrected chi connectivity index (χ4v) is 7.27. The summed E-state index contributed by atoms with van der Waals surface area (Å²) in [6.45, 7) is 0. The molecule has 4 heteroatoms. The minimum absolute atomic E-state index is 0.608. The molecule has 0 aliphatic carbocycles. The highest BCUT2D eigenvalue weighted by atomic mass is 16.3. The van der Waals surface area contributed by atoms with E-state index in [1.807, 2.05) is 30.3 Å². The number of nitrogens with zero attached hydrogens (tertiary/aromatic N) is 3. The highest BCUT2D eigenvalue weighted by molar-refractivity contribution is 6.05. The van der Waals surface area contributed by atoms with Gasteiger partial charge in [0.15, 0.2) is 17.5 Å². The molecule has 0 radical (unpaired) electrons. The number of aromatic nitrogens is 3. The zero-order valence-corrected chi connectivity index (χ0v) is 29.8. The summed E-state index contributed by atoms with van der Waals surface area (Å²) in [7, 11) is 0. The molecule has 0 aliphatic rings. The Kier molecular flexibility index (Phi) is 8.12. The molecule has 0 fully saturated rings. The average Bonchev–Trinajstić information content (AvgIpc) is 3.65. The van der Waals surface area contributed by atoms with Crippen LogP contribution in [-0.2, 0) is 0 Å². The van der Waals surface area contributed by atoms with Crippen molar-refractivity contribution < 1.29 is 4.42 Å². The van der Waals surface area contributed by atoms with Gasteiger partial charge in [-0.25, -0.2) is 15.0 Å². The van der Waals surface area contributed by atoms with Crippen LogP contribution in [0.3, 0.4) is 0 Å². The zero-order valence-electron chi connectivity index (χ0n) is 29.8.